The van der Waals surface area contributed by atoms with Crippen molar-refractivity contribution >= 4 is 11.8 Å². The summed E-state index contributed by atoms with van der Waals surface area (Å²) in [5, 5.41) is 12.7. The zero-order valence-corrected chi connectivity index (χ0v) is 13.1. The third kappa shape index (κ3) is 5.53. The van der Waals surface area contributed by atoms with Crippen LogP contribution >= 0.6 is 0 Å². The molecule has 0 aromatic heterocycles. The van der Waals surface area contributed by atoms with Crippen molar-refractivity contribution < 1.29 is 9.59 Å². The van der Waals surface area contributed by atoms with Crippen LogP contribution in [0.5, 0.6) is 0 Å². The highest BCUT2D eigenvalue weighted by Gasteiger charge is 2.23. The van der Waals surface area contributed by atoms with Crippen LogP contribution in [0.2, 0.25) is 0 Å². The summed E-state index contributed by atoms with van der Waals surface area (Å²) in [5.41, 5.74) is 5.40. The molecule has 0 saturated carbocycles. The molecule has 6 N–H and O–H groups in total. The minimum absolute atomic E-state index is 0.0216. The van der Waals surface area contributed by atoms with E-state index in [9.17, 15) is 9.59 Å². The Labute approximate surface area is 131 Å². The van der Waals surface area contributed by atoms with Gasteiger partial charge in [0.25, 0.3) is 0 Å². The average Bonchev–Trinajstić information content (AvgIpc) is 2.90. The van der Waals surface area contributed by atoms with E-state index in [-0.39, 0.29) is 23.7 Å². The summed E-state index contributed by atoms with van der Waals surface area (Å²) in [6, 6.07) is 0. The van der Waals surface area contributed by atoms with Crippen molar-refractivity contribution in [3.8, 4) is 0 Å². The van der Waals surface area contributed by atoms with E-state index in [1.54, 1.807) is 0 Å². The number of rotatable bonds is 5. The zero-order valence-electron chi connectivity index (χ0n) is 13.1. The number of nitrogens with zero attached hydrogens (tertiary/aromatic N) is 1. The highest BCUT2D eigenvalue weighted by molar-refractivity contribution is 5.79. The first-order chi connectivity index (χ1) is 10.7. The Morgan fingerprint density at radius 3 is 2.36 bits per heavy atom. The van der Waals surface area contributed by atoms with E-state index in [1.165, 1.54) is 0 Å². The van der Waals surface area contributed by atoms with Gasteiger partial charge in [-0.05, 0) is 0 Å². The number of carbonyl (C=O) groups excluding carboxylic acids is 2. The van der Waals surface area contributed by atoms with E-state index in [4.69, 9.17) is 5.73 Å². The molecule has 0 aliphatic carbocycles. The fourth-order valence-electron chi connectivity index (χ4n) is 2.84. The van der Waals surface area contributed by atoms with Crippen molar-refractivity contribution in [2.45, 2.75) is 0 Å². The van der Waals surface area contributed by atoms with Gasteiger partial charge in [-0.15, -0.1) is 0 Å². The Balaban J connectivity index is 1.70. The van der Waals surface area contributed by atoms with Crippen LogP contribution in [0.1, 0.15) is 0 Å². The maximum atomic E-state index is 12.1. The van der Waals surface area contributed by atoms with Gasteiger partial charge in [0.05, 0.1) is 11.8 Å². The molecule has 1 unspecified atom stereocenters. The van der Waals surface area contributed by atoms with E-state index >= 15 is 0 Å². The number of hydrogen-bond donors (Lipinski definition) is 5. The van der Waals surface area contributed by atoms with Crippen molar-refractivity contribution in [2.75, 3.05) is 65.4 Å². The zero-order chi connectivity index (χ0) is 15.8. The molecule has 0 aromatic carbocycles. The lowest BCUT2D eigenvalue weighted by atomic mass is 10.1. The number of nitrogens with two attached hydrogens (primary N) is 1. The van der Waals surface area contributed by atoms with Crippen molar-refractivity contribution in [2.24, 2.45) is 17.6 Å². The van der Waals surface area contributed by atoms with Crippen LogP contribution in [0.4, 0.5) is 0 Å². The van der Waals surface area contributed by atoms with E-state index < -0.39 is 0 Å². The molecular formula is C14H28N6O2. The molecule has 0 aromatic rings. The van der Waals surface area contributed by atoms with Gasteiger partial charge in [0.1, 0.15) is 0 Å². The minimum Gasteiger partial charge on any atom is -0.369 e. The third-order valence-corrected chi connectivity index (χ3v) is 4.23. The molecule has 2 amide bonds. The second-order valence-corrected chi connectivity index (χ2v) is 6.00. The molecule has 8 heteroatoms. The van der Waals surface area contributed by atoms with Gasteiger partial charge in [-0.1, -0.05) is 0 Å². The van der Waals surface area contributed by atoms with Crippen molar-refractivity contribution in [1.82, 2.24) is 26.2 Å². The highest BCUT2D eigenvalue weighted by atomic mass is 16.2. The van der Waals surface area contributed by atoms with Gasteiger partial charge in [0, 0.05) is 65.4 Å². The Bertz CT molecular complexity index is 370. The summed E-state index contributed by atoms with van der Waals surface area (Å²) in [4.78, 5) is 25.7. The van der Waals surface area contributed by atoms with Crippen molar-refractivity contribution in [3.63, 3.8) is 0 Å². The highest BCUT2D eigenvalue weighted by Crippen LogP contribution is 2.03. The first-order valence-electron chi connectivity index (χ1n) is 8.08. The molecule has 0 bridgehead atoms. The first-order valence-corrected chi connectivity index (χ1v) is 8.08. The number of amides is 2. The molecule has 2 heterocycles. The van der Waals surface area contributed by atoms with Crippen LogP contribution in [0.25, 0.3) is 0 Å². The smallest absolute Gasteiger partial charge is 0.225 e. The second kappa shape index (κ2) is 9.04. The Hall–Kier alpha value is -1.22. The van der Waals surface area contributed by atoms with Crippen LogP contribution in [0, 0.1) is 11.8 Å². The number of nitrogens with one attached hydrogen (secondary N) is 4. The van der Waals surface area contributed by atoms with Crippen molar-refractivity contribution in [1.29, 1.82) is 0 Å². The SMILES string of the molecule is NC(=O)C1CNCCN(CCNC(=O)C2CNCCNC2)C1. The normalized spacial score (nSPS) is 25.2. The van der Waals surface area contributed by atoms with E-state index in [0.717, 1.165) is 45.8 Å². The van der Waals surface area contributed by atoms with Crippen molar-refractivity contribution in [3.05, 3.63) is 0 Å². The lowest BCUT2D eigenvalue weighted by Gasteiger charge is -2.23. The quantitative estimate of drug-likeness (QED) is 0.368. The topological polar surface area (TPSA) is 112 Å². The number of hydrogen-bond acceptors (Lipinski definition) is 6. The summed E-state index contributed by atoms with van der Waals surface area (Å²) in [7, 11) is 0. The maximum Gasteiger partial charge on any atom is 0.225 e. The van der Waals surface area contributed by atoms with Gasteiger partial charge >= 0.3 is 0 Å². The van der Waals surface area contributed by atoms with Gasteiger partial charge in [0.15, 0.2) is 0 Å². The van der Waals surface area contributed by atoms with Gasteiger partial charge in [-0.25, -0.2) is 0 Å². The maximum absolute atomic E-state index is 12.1. The molecule has 0 radical (unpaired) electrons. The summed E-state index contributed by atoms with van der Waals surface area (Å²) in [6.45, 7) is 7.58. The van der Waals surface area contributed by atoms with Gasteiger partial charge in [0.2, 0.25) is 11.8 Å². The number of carbonyl (C=O) groups is 2. The minimum atomic E-state index is -0.265. The fourth-order valence-corrected chi connectivity index (χ4v) is 2.84. The molecule has 2 aliphatic rings. The Morgan fingerprint density at radius 2 is 1.68 bits per heavy atom. The van der Waals surface area contributed by atoms with Crippen LogP contribution in [-0.2, 0) is 9.59 Å². The van der Waals surface area contributed by atoms with Crippen LogP contribution in [0.3, 0.4) is 0 Å². The predicted molar refractivity (Wildman–Crippen MR) is 84.2 cm³/mol. The lowest BCUT2D eigenvalue weighted by molar-refractivity contribution is -0.125. The third-order valence-electron chi connectivity index (χ3n) is 4.23. The molecule has 8 nitrogen and oxygen atoms in total. The van der Waals surface area contributed by atoms with Gasteiger partial charge in [-0.2, -0.15) is 0 Å². The second-order valence-electron chi connectivity index (χ2n) is 6.00. The van der Waals surface area contributed by atoms with E-state index in [1.807, 2.05) is 0 Å². The van der Waals surface area contributed by atoms with Crippen LogP contribution in [0.15, 0.2) is 0 Å². The Morgan fingerprint density at radius 1 is 1.05 bits per heavy atom. The first kappa shape index (κ1) is 17.1. The van der Waals surface area contributed by atoms with Gasteiger partial charge in [-0.3, -0.25) is 14.5 Å². The monoisotopic (exact) mass is 312 g/mol. The molecule has 2 rings (SSSR count). The predicted octanol–water partition coefficient (Wildman–Crippen LogP) is -3.08. The standard InChI is InChI=1S/C14H28N6O2/c15-13(21)12-9-18-3-5-20(10-12)6-4-19-14(22)11-7-16-1-2-17-8-11/h11-12,16-18H,1-10H2,(H2,15,21)(H,19,22). The molecule has 2 fully saturated rings. The number of primary amides is 1. The molecular weight excluding hydrogens is 284 g/mol. The largest absolute Gasteiger partial charge is 0.369 e. The van der Waals surface area contributed by atoms with Gasteiger partial charge < -0.3 is 27.0 Å². The molecule has 2 saturated heterocycles. The van der Waals surface area contributed by atoms with E-state index in [2.05, 4.69) is 26.2 Å². The van der Waals surface area contributed by atoms with Crippen LogP contribution < -0.4 is 27.0 Å². The Kier molecular flexibility index (Phi) is 7.04. The fraction of sp³-hybridized carbons (Fsp3) is 0.857. The summed E-state index contributed by atoms with van der Waals surface area (Å²) in [5.74, 6) is -0.361. The summed E-state index contributed by atoms with van der Waals surface area (Å²) < 4.78 is 0. The molecule has 22 heavy (non-hydrogen) atoms. The molecule has 2 aliphatic heterocycles. The summed E-state index contributed by atoms with van der Waals surface area (Å²) >= 11 is 0. The lowest BCUT2D eigenvalue weighted by Crippen LogP contribution is -2.44. The summed E-state index contributed by atoms with van der Waals surface area (Å²) in [6.07, 6.45) is 0. The average molecular weight is 312 g/mol. The molecule has 1 atom stereocenters. The van der Waals surface area contributed by atoms with E-state index in [0.29, 0.717) is 19.6 Å². The molecule has 126 valence electrons. The van der Waals surface area contributed by atoms with Crippen LogP contribution in [-0.4, -0.2) is 82.2 Å². The molecule has 0 spiro atoms.